The summed E-state index contributed by atoms with van der Waals surface area (Å²) < 4.78 is 54.6. The molecule has 0 radical (unpaired) electrons. The molecule has 2 unspecified atom stereocenters. The second-order valence-electron chi connectivity index (χ2n) is 9.90. The lowest BCUT2D eigenvalue weighted by molar-refractivity contribution is -0.0722. The first kappa shape index (κ1) is 25.5. The first-order valence-electron chi connectivity index (χ1n) is 12.3. The van der Waals surface area contributed by atoms with Crippen LogP contribution < -0.4 is 15.1 Å². The van der Waals surface area contributed by atoms with E-state index in [2.05, 4.69) is 25.2 Å². The number of fused-ring (bicyclic) bond motifs is 3. The lowest BCUT2D eigenvalue weighted by Gasteiger charge is -2.36. The van der Waals surface area contributed by atoms with E-state index < -0.39 is 30.0 Å². The third-order valence-corrected chi connectivity index (χ3v) is 7.12. The Balaban J connectivity index is 1.53. The van der Waals surface area contributed by atoms with E-state index in [0.29, 0.717) is 42.4 Å². The third-order valence-electron chi connectivity index (χ3n) is 7.12. The molecule has 198 valence electrons. The summed E-state index contributed by atoms with van der Waals surface area (Å²) >= 11 is 0. The highest BCUT2D eigenvalue weighted by Crippen LogP contribution is 2.38. The summed E-state index contributed by atoms with van der Waals surface area (Å²) in [4.78, 5) is 8.93. The van der Waals surface area contributed by atoms with Crippen LogP contribution in [0.4, 0.5) is 30.5 Å². The van der Waals surface area contributed by atoms with E-state index in [1.165, 1.54) is 12.1 Å². The van der Waals surface area contributed by atoms with E-state index in [1.54, 1.807) is 6.92 Å². The van der Waals surface area contributed by atoms with Crippen molar-refractivity contribution < 1.29 is 22.6 Å². The highest BCUT2D eigenvalue weighted by molar-refractivity contribution is 5.97. The lowest BCUT2D eigenvalue weighted by atomic mass is 10.00. The van der Waals surface area contributed by atoms with Gasteiger partial charge in [-0.05, 0) is 31.9 Å². The molecule has 0 saturated carbocycles. The van der Waals surface area contributed by atoms with Crippen molar-refractivity contribution in [2.45, 2.75) is 43.8 Å². The molecule has 0 amide bonds. The van der Waals surface area contributed by atoms with Crippen molar-refractivity contribution in [1.82, 2.24) is 15.2 Å². The number of nitrogens with zero attached hydrogens (tertiary/aromatic N) is 5. The molecule has 5 rings (SSSR count). The molecule has 2 aliphatic rings. The second kappa shape index (κ2) is 9.94. The molecule has 1 aromatic carbocycles. The van der Waals surface area contributed by atoms with Crippen LogP contribution in [0, 0.1) is 5.82 Å². The molecule has 2 saturated heterocycles. The van der Waals surface area contributed by atoms with Gasteiger partial charge in [0.1, 0.15) is 17.9 Å². The molecular formula is C26H31F3N6O2. The van der Waals surface area contributed by atoms with Gasteiger partial charge in [-0.1, -0.05) is 12.1 Å². The van der Waals surface area contributed by atoms with Crippen molar-refractivity contribution in [2.24, 2.45) is 0 Å². The van der Waals surface area contributed by atoms with Crippen molar-refractivity contribution in [3.63, 3.8) is 0 Å². The van der Waals surface area contributed by atoms with Gasteiger partial charge in [-0.2, -0.15) is 8.78 Å². The monoisotopic (exact) mass is 516 g/mol. The molecular weight excluding hydrogens is 485 g/mol. The molecule has 2 fully saturated rings. The second-order valence-corrected chi connectivity index (χ2v) is 9.90. The Morgan fingerprint density at radius 3 is 2.62 bits per heavy atom. The minimum absolute atomic E-state index is 0.0928. The zero-order chi connectivity index (χ0) is 26.3. The van der Waals surface area contributed by atoms with Crippen molar-refractivity contribution in [2.75, 3.05) is 56.1 Å². The highest BCUT2D eigenvalue weighted by Gasteiger charge is 2.38. The standard InChI is InChI=1S/C26H31F3N6O2/c1-15(19-6-5-7-21(22(19)27)26(28,29)14-36-4)31-24-20-10-18(35-16-8-9-17(35)13-37-12-16)11-30-23(20)25(33-32-24)34(2)3/h5-7,10-11,15-17H,8-9,12-14H2,1-4H3,(H,31,32)/t15-,16?,17?/m1/s1. The van der Waals surface area contributed by atoms with Crippen LogP contribution in [0.5, 0.6) is 0 Å². The smallest absolute Gasteiger partial charge is 0.298 e. The maximum absolute atomic E-state index is 15.3. The van der Waals surface area contributed by atoms with Gasteiger partial charge in [-0.3, -0.25) is 0 Å². The molecule has 0 aliphatic carbocycles. The summed E-state index contributed by atoms with van der Waals surface area (Å²) in [7, 11) is 4.88. The number of hydrogen-bond acceptors (Lipinski definition) is 8. The predicted octanol–water partition coefficient (Wildman–Crippen LogP) is 4.51. The normalized spacial score (nSPS) is 20.4. The van der Waals surface area contributed by atoms with Crippen LogP contribution >= 0.6 is 0 Å². The molecule has 3 atom stereocenters. The fraction of sp³-hybridized carbons (Fsp3) is 0.500. The Morgan fingerprint density at radius 1 is 1.22 bits per heavy atom. The number of pyridine rings is 1. The van der Waals surface area contributed by atoms with Crippen LogP contribution in [-0.2, 0) is 15.4 Å². The number of rotatable bonds is 8. The largest absolute Gasteiger partial charge is 0.378 e. The average molecular weight is 517 g/mol. The fourth-order valence-electron chi connectivity index (χ4n) is 5.32. The minimum Gasteiger partial charge on any atom is -0.378 e. The number of hydrogen-bond donors (Lipinski definition) is 1. The SMILES string of the molecule is COCC(F)(F)c1cccc([C@@H](C)Nc2nnc(N(C)C)c3ncc(N4C5CCC4COC5)cc23)c1F. The quantitative estimate of drug-likeness (QED) is 0.469. The highest BCUT2D eigenvalue weighted by atomic mass is 19.3. The van der Waals surface area contributed by atoms with E-state index in [4.69, 9.17) is 9.72 Å². The molecule has 2 bridgehead atoms. The van der Waals surface area contributed by atoms with Crippen LogP contribution in [-0.4, -0.2) is 68.3 Å². The van der Waals surface area contributed by atoms with Gasteiger partial charge in [0.2, 0.25) is 0 Å². The van der Waals surface area contributed by atoms with Gasteiger partial charge in [-0.15, -0.1) is 10.2 Å². The third kappa shape index (κ3) is 4.66. The number of anilines is 3. The van der Waals surface area contributed by atoms with E-state index in [1.807, 2.05) is 31.3 Å². The predicted molar refractivity (Wildman–Crippen MR) is 136 cm³/mol. The number of alkyl halides is 2. The molecule has 3 aromatic rings. The molecule has 0 spiro atoms. The molecule has 4 heterocycles. The summed E-state index contributed by atoms with van der Waals surface area (Å²) in [6, 6.07) is 5.92. The number of halogens is 3. The lowest BCUT2D eigenvalue weighted by Crippen LogP contribution is -2.46. The number of nitrogens with one attached hydrogen (secondary N) is 1. The Morgan fingerprint density at radius 2 is 1.95 bits per heavy atom. The first-order chi connectivity index (χ1) is 17.7. The molecule has 11 heteroatoms. The summed E-state index contributed by atoms with van der Waals surface area (Å²) in [6.07, 6.45) is 3.97. The summed E-state index contributed by atoms with van der Waals surface area (Å²) in [6.45, 7) is 2.15. The van der Waals surface area contributed by atoms with E-state index >= 15 is 4.39 Å². The number of morpholine rings is 1. The van der Waals surface area contributed by atoms with Crippen LogP contribution in [0.3, 0.4) is 0 Å². The maximum Gasteiger partial charge on any atom is 0.298 e. The van der Waals surface area contributed by atoms with Crippen molar-refractivity contribution in [1.29, 1.82) is 0 Å². The van der Waals surface area contributed by atoms with Crippen LogP contribution in [0.25, 0.3) is 10.9 Å². The molecule has 37 heavy (non-hydrogen) atoms. The van der Waals surface area contributed by atoms with Crippen LogP contribution in [0.2, 0.25) is 0 Å². The summed E-state index contributed by atoms with van der Waals surface area (Å²) in [5, 5.41) is 12.6. The van der Waals surface area contributed by atoms with Gasteiger partial charge in [0.25, 0.3) is 5.92 Å². The van der Waals surface area contributed by atoms with Crippen molar-refractivity contribution >= 4 is 28.2 Å². The number of aromatic nitrogens is 3. The van der Waals surface area contributed by atoms with Crippen LogP contribution in [0.15, 0.2) is 30.5 Å². The Kier molecular flexibility index (Phi) is 6.84. The van der Waals surface area contributed by atoms with Crippen molar-refractivity contribution in [3.05, 3.63) is 47.4 Å². The number of ether oxygens (including phenoxy) is 2. The van der Waals surface area contributed by atoms with E-state index in [9.17, 15) is 8.78 Å². The molecule has 2 aliphatic heterocycles. The Labute approximate surface area is 213 Å². The maximum atomic E-state index is 15.3. The van der Waals surface area contributed by atoms with E-state index in [-0.39, 0.29) is 5.56 Å². The van der Waals surface area contributed by atoms with Gasteiger partial charge >= 0.3 is 0 Å². The number of methoxy groups -OCH3 is 1. The topological polar surface area (TPSA) is 75.6 Å². The van der Waals surface area contributed by atoms with Gasteiger partial charge < -0.3 is 24.6 Å². The fourth-order valence-corrected chi connectivity index (χ4v) is 5.32. The average Bonchev–Trinajstić information content (AvgIpc) is 3.11. The van der Waals surface area contributed by atoms with Gasteiger partial charge in [0.05, 0.1) is 54.2 Å². The van der Waals surface area contributed by atoms with Crippen LogP contribution in [0.1, 0.15) is 36.9 Å². The zero-order valence-corrected chi connectivity index (χ0v) is 21.3. The Bertz CT molecular complexity index is 1270. The minimum atomic E-state index is -3.45. The van der Waals surface area contributed by atoms with Gasteiger partial charge in [0.15, 0.2) is 11.6 Å². The number of benzene rings is 1. The zero-order valence-electron chi connectivity index (χ0n) is 21.3. The molecule has 2 aromatic heterocycles. The van der Waals surface area contributed by atoms with E-state index in [0.717, 1.165) is 37.1 Å². The summed E-state index contributed by atoms with van der Waals surface area (Å²) in [5.41, 5.74) is 0.991. The van der Waals surface area contributed by atoms with Gasteiger partial charge in [0, 0.05) is 26.8 Å². The van der Waals surface area contributed by atoms with Crippen molar-refractivity contribution in [3.8, 4) is 0 Å². The van der Waals surface area contributed by atoms with Gasteiger partial charge in [-0.25, -0.2) is 9.37 Å². The summed E-state index contributed by atoms with van der Waals surface area (Å²) in [5.74, 6) is -3.44. The Hall–Kier alpha value is -3.18. The molecule has 1 N–H and O–H groups in total. The molecule has 8 nitrogen and oxygen atoms in total. The first-order valence-corrected chi connectivity index (χ1v) is 12.3.